The zero-order chi connectivity index (χ0) is 41.3. The van der Waals surface area contributed by atoms with Gasteiger partial charge >= 0.3 is 23.9 Å². The monoisotopic (exact) mass is 792 g/mol. The van der Waals surface area contributed by atoms with Crippen molar-refractivity contribution in [3.8, 4) is 23.0 Å². The van der Waals surface area contributed by atoms with Crippen LogP contribution in [0.4, 0.5) is 0 Å². The standard InChI is InChI=1S/C42H40N4O12/c1-51-35-15-23(37-25(39(47)53-3)17-43-18-26(37)40(48)54-4)11-13-33(35)57-21-31-32(46-30-10-8-7-9-29(30)45-31)22-58-34-14-12-24(16-36(34)52-2)38-27(41(49)55-5)19-44-20-28(38)42(50)56-6/h7-20,37-38,43-44H,21-22H2,1-6H3. The molecular formula is C42H40N4O12. The van der Waals surface area contributed by atoms with Crippen LogP contribution in [0.1, 0.15) is 34.4 Å². The van der Waals surface area contributed by atoms with Gasteiger partial charge in [-0.3, -0.25) is 0 Å². The van der Waals surface area contributed by atoms with E-state index in [1.54, 1.807) is 36.4 Å². The molecule has 0 spiro atoms. The first-order valence-electron chi connectivity index (χ1n) is 17.7. The van der Waals surface area contributed by atoms with Gasteiger partial charge in [-0.2, -0.15) is 0 Å². The number of benzene rings is 3. The molecule has 6 rings (SSSR count). The largest absolute Gasteiger partial charge is 0.493 e. The van der Waals surface area contributed by atoms with Crippen LogP contribution in [0.3, 0.4) is 0 Å². The fraction of sp³-hybridized carbons (Fsp3) is 0.238. The number of aromatic nitrogens is 2. The fourth-order valence-electron chi connectivity index (χ4n) is 6.57. The van der Waals surface area contributed by atoms with Crippen LogP contribution in [0.25, 0.3) is 11.0 Å². The molecular weight excluding hydrogens is 752 g/mol. The molecule has 3 heterocycles. The number of para-hydroxylation sites is 2. The molecule has 0 unspecified atom stereocenters. The van der Waals surface area contributed by atoms with Gasteiger partial charge in [0.1, 0.15) is 24.6 Å². The number of carbonyl (C=O) groups is 4. The molecule has 16 nitrogen and oxygen atoms in total. The lowest BCUT2D eigenvalue weighted by molar-refractivity contribution is -0.138. The van der Waals surface area contributed by atoms with Gasteiger partial charge in [-0.05, 0) is 47.5 Å². The van der Waals surface area contributed by atoms with Crippen LogP contribution in [0.5, 0.6) is 23.0 Å². The zero-order valence-electron chi connectivity index (χ0n) is 32.4. The molecule has 0 fully saturated rings. The zero-order valence-corrected chi connectivity index (χ0v) is 32.4. The Morgan fingerprint density at radius 1 is 0.500 bits per heavy atom. The van der Waals surface area contributed by atoms with E-state index in [-0.39, 0.29) is 35.5 Å². The van der Waals surface area contributed by atoms with Gasteiger partial charge < -0.3 is 48.5 Å². The van der Waals surface area contributed by atoms with E-state index in [1.807, 2.05) is 24.3 Å². The van der Waals surface area contributed by atoms with Crippen LogP contribution in [-0.2, 0) is 51.3 Å². The number of fused-ring (bicyclic) bond motifs is 1. The molecule has 58 heavy (non-hydrogen) atoms. The first-order chi connectivity index (χ1) is 28.1. The van der Waals surface area contributed by atoms with Crippen LogP contribution >= 0.6 is 0 Å². The lowest BCUT2D eigenvalue weighted by Crippen LogP contribution is -2.26. The predicted octanol–water partition coefficient (Wildman–Crippen LogP) is 4.41. The van der Waals surface area contributed by atoms with Crippen molar-refractivity contribution >= 4 is 34.9 Å². The third-order valence-corrected chi connectivity index (χ3v) is 9.38. The smallest absolute Gasteiger partial charge is 0.336 e. The fourth-order valence-corrected chi connectivity index (χ4v) is 6.57. The summed E-state index contributed by atoms with van der Waals surface area (Å²) in [6.07, 6.45) is 5.88. The van der Waals surface area contributed by atoms with Crippen LogP contribution < -0.4 is 29.6 Å². The highest BCUT2D eigenvalue weighted by Crippen LogP contribution is 2.41. The molecule has 0 atom stereocenters. The molecule has 3 aromatic carbocycles. The van der Waals surface area contributed by atoms with Crippen molar-refractivity contribution in [3.05, 3.63) is 130 Å². The van der Waals surface area contributed by atoms with Crippen molar-refractivity contribution < 1.29 is 57.1 Å². The normalized spacial score (nSPS) is 14.0. The Balaban J connectivity index is 1.27. The molecule has 1 aromatic heterocycles. The van der Waals surface area contributed by atoms with Gasteiger partial charge in [-0.1, -0.05) is 24.3 Å². The maximum atomic E-state index is 12.7. The number of nitrogens with one attached hydrogen (secondary N) is 2. The number of esters is 4. The van der Waals surface area contributed by atoms with E-state index < -0.39 is 35.7 Å². The third-order valence-electron chi connectivity index (χ3n) is 9.38. The molecule has 0 radical (unpaired) electrons. The van der Waals surface area contributed by atoms with Gasteiger partial charge in [-0.15, -0.1) is 0 Å². The van der Waals surface area contributed by atoms with Gasteiger partial charge in [0.15, 0.2) is 23.0 Å². The number of rotatable bonds is 14. The number of carbonyl (C=O) groups excluding carboxylic acids is 4. The van der Waals surface area contributed by atoms with Gasteiger partial charge in [0.05, 0.1) is 87.8 Å². The topological polar surface area (TPSA) is 192 Å². The van der Waals surface area contributed by atoms with E-state index in [0.717, 1.165) is 0 Å². The molecule has 0 saturated heterocycles. The number of methoxy groups -OCH3 is 6. The number of dihydropyridines is 2. The summed E-state index contributed by atoms with van der Waals surface area (Å²) >= 11 is 0. The van der Waals surface area contributed by atoms with Gasteiger partial charge in [-0.25, -0.2) is 29.1 Å². The summed E-state index contributed by atoms with van der Waals surface area (Å²) in [6, 6.07) is 17.5. The first kappa shape index (κ1) is 40.3. The summed E-state index contributed by atoms with van der Waals surface area (Å²) in [5.74, 6) is -2.78. The average Bonchev–Trinajstić information content (AvgIpc) is 3.28. The van der Waals surface area contributed by atoms with Gasteiger partial charge in [0.25, 0.3) is 0 Å². The minimum Gasteiger partial charge on any atom is -0.493 e. The van der Waals surface area contributed by atoms with Crippen molar-refractivity contribution in [1.29, 1.82) is 0 Å². The lowest BCUT2D eigenvalue weighted by atomic mass is 9.83. The van der Waals surface area contributed by atoms with Crippen LogP contribution in [0.2, 0.25) is 0 Å². The lowest BCUT2D eigenvalue weighted by Gasteiger charge is -2.25. The van der Waals surface area contributed by atoms with E-state index in [0.29, 0.717) is 56.5 Å². The number of ether oxygens (including phenoxy) is 8. The Morgan fingerprint density at radius 3 is 1.16 bits per heavy atom. The van der Waals surface area contributed by atoms with Crippen molar-refractivity contribution in [1.82, 2.24) is 20.6 Å². The Labute approximate surface area is 333 Å². The summed E-state index contributed by atoms with van der Waals surface area (Å²) < 4.78 is 43.9. The van der Waals surface area contributed by atoms with Crippen LogP contribution in [0.15, 0.2) is 108 Å². The number of hydrogen-bond acceptors (Lipinski definition) is 16. The summed E-state index contributed by atoms with van der Waals surface area (Å²) in [5, 5.41) is 5.64. The predicted molar refractivity (Wildman–Crippen MR) is 206 cm³/mol. The minimum atomic E-state index is -0.817. The van der Waals surface area contributed by atoms with Crippen LogP contribution in [0, 0.1) is 0 Å². The summed E-state index contributed by atoms with van der Waals surface area (Å²) in [7, 11) is 7.97. The second kappa shape index (κ2) is 18.1. The van der Waals surface area contributed by atoms with E-state index >= 15 is 0 Å². The van der Waals surface area contributed by atoms with Crippen molar-refractivity contribution in [2.45, 2.75) is 25.0 Å². The van der Waals surface area contributed by atoms with E-state index in [1.165, 1.54) is 67.5 Å². The number of hydrogen-bond donors (Lipinski definition) is 2. The summed E-state index contributed by atoms with van der Waals surface area (Å²) in [5.41, 5.74) is 4.09. The molecule has 0 bridgehead atoms. The summed E-state index contributed by atoms with van der Waals surface area (Å²) in [6.45, 7) is -0.0887. The van der Waals surface area contributed by atoms with Crippen molar-refractivity contribution in [2.24, 2.45) is 0 Å². The van der Waals surface area contributed by atoms with E-state index in [2.05, 4.69) is 10.6 Å². The van der Waals surface area contributed by atoms with E-state index in [9.17, 15) is 19.2 Å². The minimum absolute atomic E-state index is 0.0444. The highest BCUT2D eigenvalue weighted by molar-refractivity contribution is 5.99. The molecule has 2 aliphatic rings. The maximum Gasteiger partial charge on any atom is 0.336 e. The Hall–Kier alpha value is -7.36. The molecule has 0 aliphatic carbocycles. The second-order valence-corrected chi connectivity index (χ2v) is 12.6. The quantitative estimate of drug-likeness (QED) is 0.135. The highest BCUT2D eigenvalue weighted by Gasteiger charge is 2.35. The molecule has 16 heteroatoms. The Bertz CT molecular complexity index is 2160. The van der Waals surface area contributed by atoms with Crippen LogP contribution in [-0.4, -0.2) is 76.5 Å². The second-order valence-electron chi connectivity index (χ2n) is 12.6. The van der Waals surface area contributed by atoms with E-state index in [4.69, 9.17) is 47.9 Å². The molecule has 0 amide bonds. The molecule has 2 aliphatic heterocycles. The average molecular weight is 793 g/mol. The third kappa shape index (κ3) is 8.26. The van der Waals surface area contributed by atoms with Gasteiger partial charge in [0.2, 0.25) is 0 Å². The SMILES string of the molecule is COC(=O)C1=CNC=C(C(=O)OC)C1c1ccc(OCc2nc3ccccc3nc2COc2ccc(C3C(C(=O)OC)=CNC=C3C(=O)OC)cc2OC)c(OC)c1. The first-order valence-corrected chi connectivity index (χ1v) is 17.7. The Morgan fingerprint density at radius 2 is 0.845 bits per heavy atom. The molecule has 4 aromatic rings. The maximum absolute atomic E-state index is 12.7. The Kier molecular flexibility index (Phi) is 12.6. The van der Waals surface area contributed by atoms with Gasteiger partial charge in [0, 0.05) is 24.8 Å². The van der Waals surface area contributed by atoms with Crippen molar-refractivity contribution in [3.63, 3.8) is 0 Å². The molecule has 300 valence electrons. The molecule has 2 N–H and O–H groups in total. The van der Waals surface area contributed by atoms with Crippen molar-refractivity contribution in [2.75, 3.05) is 42.7 Å². The number of nitrogens with zero attached hydrogens (tertiary/aromatic N) is 2. The molecule has 0 saturated carbocycles. The summed E-state index contributed by atoms with van der Waals surface area (Å²) in [4.78, 5) is 60.6. The highest BCUT2D eigenvalue weighted by atomic mass is 16.5.